The van der Waals surface area contributed by atoms with Crippen LogP contribution in [0, 0.1) is 0 Å². The van der Waals surface area contributed by atoms with Crippen molar-refractivity contribution in [2.45, 2.75) is 32.2 Å². The molecule has 0 spiro atoms. The average Bonchev–Trinajstić information content (AvgIpc) is 3.31. The van der Waals surface area contributed by atoms with Crippen LogP contribution in [-0.2, 0) is 6.54 Å². The zero-order chi connectivity index (χ0) is 13.1. The summed E-state index contributed by atoms with van der Waals surface area (Å²) < 4.78 is 0. The molecule has 3 rings (SSSR count). The van der Waals surface area contributed by atoms with E-state index in [9.17, 15) is 4.79 Å². The molecule has 2 amide bonds. The molecular weight excluding hydrogens is 238 g/mol. The number of nitrogens with one attached hydrogen (secondary N) is 1. The van der Waals surface area contributed by atoms with Gasteiger partial charge in [0.25, 0.3) is 0 Å². The van der Waals surface area contributed by atoms with Crippen LogP contribution in [0.5, 0.6) is 0 Å². The van der Waals surface area contributed by atoms with Gasteiger partial charge in [0, 0.05) is 32.0 Å². The van der Waals surface area contributed by atoms with Gasteiger partial charge in [0.2, 0.25) is 0 Å². The SMILES string of the molecule is O=C(NCc1cccnc1)N1CCC(=C2CC2)CC1. The van der Waals surface area contributed by atoms with E-state index >= 15 is 0 Å². The smallest absolute Gasteiger partial charge is 0.317 e. The van der Waals surface area contributed by atoms with E-state index in [0.717, 1.165) is 31.5 Å². The Morgan fingerprint density at radius 3 is 2.58 bits per heavy atom. The Morgan fingerprint density at radius 2 is 1.95 bits per heavy atom. The van der Waals surface area contributed by atoms with E-state index in [-0.39, 0.29) is 6.03 Å². The third-order valence-electron chi connectivity index (χ3n) is 3.82. The van der Waals surface area contributed by atoms with Gasteiger partial charge in [0.1, 0.15) is 0 Å². The second-order valence-corrected chi connectivity index (χ2v) is 5.21. The summed E-state index contributed by atoms with van der Waals surface area (Å²) in [5.74, 6) is 0. The van der Waals surface area contributed by atoms with Gasteiger partial charge in [-0.25, -0.2) is 4.79 Å². The fraction of sp³-hybridized carbons (Fsp3) is 0.467. The van der Waals surface area contributed by atoms with Crippen LogP contribution in [-0.4, -0.2) is 29.0 Å². The summed E-state index contributed by atoms with van der Waals surface area (Å²) in [4.78, 5) is 18.0. The van der Waals surface area contributed by atoms with Crippen LogP contribution in [0.1, 0.15) is 31.2 Å². The van der Waals surface area contributed by atoms with Crippen molar-refractivity contribution in [2.75, 3.05) is 13.1 Å². The maximum Gasteiger partial charge on any atom is 0.317 e. The quantitative estimate of drug-likeness (QED) is 0.827. The number of amides is 2. The minimum atomic E-state index is 0.0451. The van der Waals surface area contributed by atoms with Crippen molar-refractivity contribution < 1.29 is 4.79 Å². The van der Waals surface area contributed by atoms with Gasteiger partial charge in [-0.05, 0) is 37.3 Å². The number of pyridine rings is 1. The van der Waals surface area contributed by atoms with E-state index in [4.69, 9.17) is 0 Å². The van der Waals surface area contributed by atoms with Crippen LogP contribution in [0.3, 0.4) is 0 Å². The molecule has 1 saturated heterocycles. The molecule has 1 saturated carbocycles. The largest absolute Gasteiger partial charge is 0.334 e. The van der Waals surface area contributed by atoms with Gasteiger partial charge in [0.05, 0.1) is 0 Å². The van der Waals surface area contributed by atoms with Crippen molar-refractivity contribution in [2.24, 2.45) is 0 Å². The van der Waals surface area contributed by atoms with E-state index in [2.05, 4.69) is 10.3 Å². The van der Waals surface area contributed by atoms with Gasteiger partial charge in [-0.1, -0.05) is 17.2 Å². The first-order chi connectivity index (χ1) is 9.33. The number of piperidine rings is 1. The molecule has 1 aromatic rings. The molecule has 0 aromatic carbocycles. The summed E-state index contributed by atoms with van der Waals surface area (Å²) in [5.41, 5.74) is 4.29. The number of carbonyl (C=O) groups is 1. The monoisotopic (exact) mass is 257 g/mol. The van der Waals surface area contributed by atoms with Crippen molar-refractivity contribution in [3.05, 3.63) is 41.2 Å². The fourth-order valence-corrected chi connectivity index (χ4v) is 2.54. The number of nitrogens with zero attached hydrogens (tertiary/aromatic N) is 2. The Hall–Kier alpha value is -1.84. The Labute approximate surface area is 113 Å². The van der Waals surface area contributed by atoms with Gasteiger partial charge in [0.15, 0.2) is 0 Å². The van der Waals surface area contributed by atoms with E-state index in [0.29, 0.717) is 6.54 Å². The van der Waals surface area contributed by atoms with Gasteiger partial charge in [-0.3, -0.25) is 4.98 Å². The second kappa shape index (κ2) is 5.43. The Kier molecular flexibility index (Phi) is 3.49. The van der Waals surface area contributed by atoms with Crippen LogP contribution < -0.4 is 5.32 Å². The van der Waals surface area contributed by atoms with Crippen molar-refractivity contribution in [3.8, 4) is 0 Å². The van der Waals surface area contributed by atoms with Crippen molar-refractivity contribution in [1.82, 2.24) is 15.2 Å². The van der Waals surface area contributed by atoms with Crippen molar-refractivity contribution in [3.63, 3.8) is 0 Å². The standard InChI is InChI=1S/C15H19N3O/c19-15(17-11-12-2-1-7-16-10-12)18-8-5-14(6-9-18)13-3-4-13/h1-2,7,10H,3-6,8-9,11H2,(H,17,19). The van der Waals surface area contributed by atoms with Crippen molar-refractivity contribution in [1.29, 1.82) is 0 Å². The highest BCUT2D eigenvalue weighted by atomic mass is 16.2. The summed E-state index contributed by atoms with van der Waals surface area (Å²) in [5, 5.41) is 2.96. The number of hydrogen-bond donors (Lipinski definition) is 1. The molecule has 0 atom stereocenters. The highest BCUT2D eigenvalue weighted by Crippen LogP contribution is 2.35. The Bertz CT molecular complexity index is 479. The van der Waals surface area contributed by atoms with E-state index in [1.54, 1.807) is 23.5 Å². The third kappa shape index (κ3) is 3.13. The molecule has 0 radical (unpaired) electrons. The zero-order valence-corrected chi connectivity index (χ0v) is 11.1. The lowest BCUT2D eigenvalue weighted by atomic mass is 10.0. The molecule has 1 N–H and O–H groups in total. The number of carbonyl (C=O) groups excluding carboxylic acids is 1. The highest BCUT2D eigenvalue weighted by molar-refractivity contribution is 5.74. The van der Waals surface area contributed by atoms with Crippen LogP contribution in [0.25, 0.3) is 0 Å². The first-order valence-electron chi connectivity index (χ1n) is 6.94. The van der Waals surface area contributed by atoms with E-state index in [1.807, 2.05) is 17.0 Å². The molecule has 4 nitrogen and oxygen atoms in total. The molecule has 2 aliphatic rings. The number of hydrogen-bond acceptors (Lipinski definition) is 2. The summed E-state index contributed by atoms with van der Waals surface area (Å²) in [6.45, 7) is 2.27. The summed E-state index contributed by atoms with van der Waals surface area (Å²) in [6, 6.07) is 3.90. The van der Waals surface area contributed by atoms with Crippen LogP contribution in [0.15, 0.2) is 35.7 Å². The highest BCUT2D eigenvalue weighted by Gasteiger charge is 2.24. The van der Waals surface area contributed by atoms with Gasteiger partial charge >= 0.3 is 6.03 Å². The minimum Gasteiger partial charge on any atom is -0.334 e. The molecular formula is C15H19N3O. The third-order valence-corrected chi connectivity index (χ3v) is 3.82. The molecule has 1 aliphatic carbocycles. The molecule has 1 aromatic heterocycles. The lowest BCUT2D eigenvalue weighted by Gasteiger charge is -2.28. The van der Waals surface area contributed by atoms with Crippen LogP contribution in [0.2, 0.25) is 0 Å². The lowest BCUT2D eigenvalue weighted by Crippen LogP contribution is -2.42. The average molecular weight is 257 g/mol. The summed E-state index contributed by atoms with van der Waals surface area (Å²) in [7, 11) is 0. The maximum atomic E-state index is 12.0. The second-order valence-electron chi connectivity index (χ2n) is 5.21. The Morgan fingerprint density at radius 1 is 1.21 bits per heavy atom. The van der Waals surface area contributed by atoms with Gasteiger partial charge < -0.3 is 10.2 Å². The fourth-order valence-electron chi connectivity index (χ4n) is 2.54. The number of allylic oxidation sites excluding steroid dienone is 1. The minimum absolute atomic E-state index is 0.0451. The molecule has 4 heteroatoms. The molecule has 2 heterocycles. The van der Waals surface area contributed by atoms with Gasteiger partial charge in [-0.15, -0.1) is 0 Å². The first-order valence-corrected chi connectivity index (χ1v) is 6.94. The van der Waals surface area contributed by atoms with E-state index < -0.39 is 0 Å². The van der Waals surface area contributed by atoms with E-state index in [1.165, 1.54) is 12.8 Å². The summed E-state index contributed by atoms with van der Waals surface area (Å²) in [6.07, 6.45) is 8.24. The number of likely N-dealkylation sites (tertiary alicyclic amines) is 1. The number of aromatic nitrogens is 1. The van der Waals surface area contributed by atoms with Crippen molar-refractivity contribution >= 4 is 6.03 Å². The number of urea groups is 1. The number of rotatable bonds is 2. The molecule has 0 unspecified atom stereocenters. The molecule has 19 heavy (non-hydrogen) atoms. The Balaban J connectivity index is 1.47. The van der Waals surface area contributed by atoms with Gasteiger partial charge in [-0.2, -0.15) is 0 Å². The molecule has 1 aliphatic heterocycles. The maximum absolute atomic E-state index is 12.0. The predicted molar refractivity (Wildman–Crippen MR) is 73.5 cm³/mol. The van der Waals surface area contributed by atoms with Crippen LogP contribution >= 0.6 is 0 Å². The molecule has 2 fully saturated rings. The predicted octanol–water partition coefficient (Wildman–Crippen LogP) is 2.48. The zero-order valence-electron chi connectivity index (χ0n) is 11.1. The summed E-state index contributed by atoms with van der Waals surface area (Å²) >= 11 is 0. The first kappa shape index (κ1) is 12.2. The topological polar surface area (TPSA) is 45.2 Å². The molecule has 100 valence electrons. The lowest BCUT2D eigenvalue weighted by molar-refractivity contribution is 0.193. The normalized spacial score (nSPS) is 18.4. The molecule has 0 bridgehead atoms. The van der Waals surface area contributed by atoms with Crippen LogP contribution in [0.4, 0.5) is 4.79 Å².